The van der Waals surface area contributed by atoms with E-state index in [2.05, 4.69) is 16.0 Å². The van der Waals surface area contributed by atoms with Crippen molar-refractivity contribution in [1.82, 2.24) is 9.97 Å². The van der Waals surface area contributed by atoms with E-state index in [-0.39, 0.29) is 5.78 Å². The second kappa shape index (κ2) is 6.49. The Balaban J connectivity index is 1.86. The third kappa shape index (κ3) is 2.81. The summed E-state index contributed by atoms with van der Waals surface area (Å²) < 4.78 is 5.60. The zero-order valence-corrected chi connectivity index (χ0v) is 14.0. The molecule has 0 aliphatic heterocycles. The standard InChI is InChI=1S/C21H18N2O2/c1-2-25-13-15-9-6-10-17-20(15)16-11-18(22-12-19(16)23-17)21(24)14-7-4-3-5-8-14/h3-12,23H,2,13H2,1H3. The van der Waals surface area contributed by atoms with Crippen LogP contribution in [0.1, 0.15) is 28.5 Å². The number of benzene rings is 2. The average molecular weight is 330 g/mol. The van der Waals surface area contributed by atoms with Gasteiger partial charge in [-0.2, -0.15) is 0 Å². The lowest BCUT2D eigenvalue weighted by Gasteiger charge is -2.05. The van der Waals surface area contributed by atoms with Crippen molar-refractivity contribution < 1.29 is 9.53 Å². The lowest BCUT2D eigenvalue weighted by atomic mass is 10.0. The number of aromatic nitrogens is 2. The fourth-order valence-corrected chi connectivity index (χ4v) is 3.12. The van der Waals surface area contributed by atoms with Gasteiger partial charge in [-0.3, -0.25) is 9.78 Å². The number of carbonyl (C=O) groups excluding carboxylic acids is 1. The molecule has 0 aliphatic carbocycles. The van der Waals surface area contributed by atoms with Gasteiger partial charge in [0.05, 0.1) is 18.3 Å². The third-order valence-electron chi connectivity index (χ3n) is 4.32. The number of nitrogens with one attached hydrogen (secondary N) is 1. The summed E-state index contributed by atoms with van der Waals surface area (Å²) in [5.41, 5.74) is 4.14. The van der Waals surface area contributed by atoms with Crippen molar-refractivity contribution in [2.45, 2.75) is 13.5 Å². The number of fused-ring (bicyclic) bond motifs is 3. The highest BCUT2D eigenvalue weighted by Crippen LogP contribution is 2.29. The molecule has 0 bridgehead atoms. The van der Waals surface area contributed by atoms with Crippen molar-refractivity contribution in [2.24, 2.45) is 0 Å². The van der Waals surface area contributed by atoms with Crippen molar-refractivity contribution in [2.75, 3.05) is 6.61 Å². The molecule has 0 saturated carbocycles. The number of pyridine rings is 1. The van der Waals surface area contributed by atoms with Gasteiger partial charge in [0.2, 0.25) is 5.78 Å². The highest BCUT2D eigenvalue weighted by Gasteiger charge is 2.14. The molecule has 0 unspecified atom stereocenters. The summed E-state index contributed by atoms with van der Waals surface area (Å²) in [6.45, 7) is 3.19. The average Bonchev–Trinajstić information content (AvgIpc) is 3.04. The topological polar surface area (TPSA) is 55.0 Å². The summed E-state index contributed by atoms with van der Waals surface area (Å²) in [7, 11) is 0. The Morgan fingerprint density at radius 3 is 2.72 bits per heavy atom. The number of carbonyl (C=O) groups is 1. The van der Waals surface area contributed by atoms with E-state index in [9.17, 15) is 4.79 Å². The van der Waals surface area contributed by atoms with Crippen molar-refractivity contribution in [1.29, 1.82) is 0 Å². The van der Waals surface area contributed by atoms with Gasteiger partial charge < -0.3 is 9.72 Å². The molecule has 2 heterocycles. The van der Waals surface area contributed by atoms with E-state index in [4.69, 9.17) is 4.74 Å². The molecule has 0 saturated heterocycles. The number of nitrogens with zero attached hydrogens (tertiary/aromatic N) is 1. The fraction of sp³-hybridized carbons (Fsp3) is 0.143. The number of hydrogen-bond acceptors (Lipinski definition) is 3. The van der Waals surface area contributed by atoms with Crippen LogP contribution in [0, 0.1) is 0 Å². The molecule has 1 N–H and O–H groups in total. The Morgan fingerprint density at radius 1 is 1.08 bits per heavy atom. The lowest BCUT2D eigenvalue weighted by molar-refractivity contribution is 0.103. The predicted octanol–water partition coefficient (Wildman–Crippen LogP) is 4.48. The normalized spacial score (nSPS) is 11.2. The first-order valence-electron chi connectivity index (χ1n) is 8.34. The smallest absolute Gasteiger partial charge is 0.211 e. The lowest BCUT2D eigenvalue weighted by Crippen LogP contribution is -2.03. The van der Waals surface area contributed by atoms with E-state index in [1.165, 1.54) is 0 Å². The van der Waals surface area contributed by atoms with Gasteiger partial charge in [-0.05, 0) is 24.6 Å². The van der Waals surface area contributed by atoms with Crippen LogP contribution in [0.25, 0.3) is 21.8 Å². The number of ether oxygens (including phenoxy) is 1. The van der Waals surface area contributed by atoms with E-state index in [0.29, 0.717) is 24.5 Å². The molecule has 2 aromatic heterocycles. The van der Waals surface area contributed by atoms with Crippen LogP contribution in [0.3, 0.4) is 0 Å². The Bertz CT molecular complexity index is 1050. The first kappa shape index (κ1) is 15.5. The number of hydrogen-bond donors (Lipinski definition) is 1. The summed E-state index contributed by atoms with van der Waals surface area (Å²) >= 11 is 0. The molecule has 0 fully saturated rings. The number of H-pyrrole nitrogens is 1. The minimum Gasteiger partial charge on any atom is -0.377 e. The molecule has 4 aromatic rings. The van der Waals surface area contributed by atoms with Gasteiger partial charge in [0.25, 0.3) is 0 Å². The SMILES string of the molecule is CCOCc1cccc2[nH]c3cnc(C(=O)c4ccccc4)cc3c12. The molecular formula is C21H18N2O2. The summed E-state index contributed by atoms with van der Waals surface area (Å²) in [5, 5.41) is 2.09. The fourth-order valence-electron chi connectivity index (χ4n) is 3.12. The molecule has 124 valence electrons. The van der Waals surface area contributed by atoms with Crippen LogP contribution in [0.5, 0.6) is 0 Å². The monoisotopic (exact) mass is 330 g/mol. The summed E-state index contributed by atoms with van der Waals surface area (Å²) in [4.78, 5) is 20.4. The quantitative estimate of drug-likeness (QED) is 0.549. The first-order valence-corrected chi connectivity index (χ1v) is 8.34. The van der Waals surface area contributed by atoms with Crippen molar-refractivity contribution in [3.63, 3.8) is 0 Å². The van der Waals surface area contributed by atoms with Crippen molar-refractivity contribution >= 4 is 27.6 Å². The maximum Gasteiger partial charge on any atom is 0.211 e. The van der Waals surface area contributed by atoms with Gasteiger partial charge >= 0.3 is 0 Å². The van der Waals surface area contributed by atoms with Gasteiger partial charge in [-0.15, -0.1) is 0 Å². The second-order valence-corrected chi connectivity index (χ2v) is 5.91. The van der Waals surface area contributed by atoms with Gasteiger partial charge in [0.1, 0.15) is 5.69 Å². The molecule has 4 rings (SSSR count). The zero-order chi connectivity index (χ0) is 17.2. The first-order chi connectivity index (χ1) is 12.3. The molecule has 2 aromatic carbocycles. The molecule has 0 aliphatic rings. The highest BCUT2D eigenvalue weighted by atomic mass is 16.5. The van der Waals surface area contributed by atoms with Crippen LogP contribution in [0.4, 0.5) is 0 Å². The minimum absolute atomic E-state index is 0.0702. The van der Waals surface area contributed by atoms with E-state index in [1.54, 1.807) is 6.20 Å². The molecule has 0 amide bonds. The van der Waals surface area contributed by atoms with E-state index in [1.807, 2.05) is 55.5 Å². The molecule has 0 atom stereocenters. The Morgan fingerprint density at radius 2 is 1.92 bits per heavy atom. The number of ketones is 1. The molecule has 0 spiro atoms. The van der Waals surface area contributed by atoms with Gasteiger partial charge in [-0.25, -0.2) is 0 Å². The zero-order valence-electron chi connectivity index (χ0n) is 14.0. The van der Waals surface area contributed by atoms with Gasteiger partial charge in [-0.1, -0.05) is 42.5 Å². The number of aromatic amines is 1. The number of rotatable bonds is 5. The summed E-state index contributed by atoms with van der Waals surface area (Å²) in [6, 6.07) is 17.2. The Hall–Kier alpha value is -2.98. The van der Waals surface area contributed by atoms with Crippen LogP contribution in [0.2, 0.25) is 0 Å². The van der Waals surface area contributed by atoms with Crippen LogP contribution >= 0.6 is 0 Å². The van der Waals surface area contributed by atoms with Gasteiger partial charge in [0, 0.05) is 28.5 Å². The van der Waals surface area contributed by atoms with Gasteiger partial charge in [0.15, 0.2) is 0 Å². The van der Waals surface area contributed by atoms with Crippen LogP contribution < -0.4 is 0 Å². The highest BCUT2D eigenvalue weighted by molar-refractivity contribution is 6.13. The van der Waals surface area contributed by atoms with E-state index >= 15 is 0 Å². The van der Waals surface area contributed by atoms with E-state index < -0.39 is 0 Å². The largest absolute Gasteiger partial charge is 0.377 e. The summed E-state index contributed by atoms with van der Waals surface area (Å²) in [6.07, 6.45) is 1.73. The van der Waals surface area contributed by atoms with Crippen LogP contribution in [-0.4, -0.2) is 22.4 Å². The van der Waals surface area contributed by atoms with Crippen molar-refractivity contribution in [3.8, 4) is 0 Å². The maximum absolute atomic E-state index is 12.7. The van der Waals surface area contributed by atoms with Crippen LogP contribution in [0.15, 0.2) is 60.8 Å². The maximum atomic E-state index is 12.7. The molecular weight excluding hydrogens is 312 g/mol. The Labute approximate surface area is 145 Å². The Kier molecular flexibility index (Phi) is 4.04. The molecule has 4 heteroatoms. The second-order valence-electron chi connectivity index (χ2n) is 5.91. The van der Waals surface area contributed by atoms with Crippen molar-refractivity contribution in [3.05, 3.63) is 77.6 Å². The molecule has 4 nitrogen and oxygen atoms in total. The van der Waals surface area contributed by atoms with E-state index in [0.717, 1.165) is 27.4 Å². The predicted molar refractivity (Wildman–Crippen MR) is 98.8 cm³/mol. The summed E-state index contributed by atoms with van der Waals surface area (Å²) in [5.74, 6) is -0.0702. The van der Waals surface area contributed by atoms with Crippen LogP contribution in [-0.2, 0) is 11.3 Å². The molecule has 25 heavy (non-hydrogen) atoms. The molecule has 0 radical (unpaired) electrons. The minimum atomic E-state index is -0.0702. The third-order valence-corrected chi connectivity index (χ3v) is 4.32.